The van der Waals surface area contributed by atoms with Crippen LogP contribution >= 0.6 is 0 Å². The summed E-state index contributed by atoms with van der Waals surface area (Å²) in [7, 11) is 1.57. The molecule has 0 spiro atoms. The fourth-order valence-corrected chi connectivity index (χ4v) is 1.16. The highest BCUT2D eigenvalue weighted by Crippen LogP contribution is 2.15. The molecule has 0 heterocycles. The zero-order valence-corrected chi connectivity index (χ0v) is 10.3. The highest BCUT2D eigenvalue weighted by molar-refractivity contribution is 5.23. The van der Waals surface area contributed by atoms with Gasteiger partial charge in [-0.2, -0.15) is 5.48 Å². The van der Waals surface area contributed by atoms with Gasteiger partial charge in [0.25, 0.3) is 0 Å². The van der Waals surface area contributed by atoms with Crippen molar-refractivity contribution in [2.24, 2.45) is 0 Å². The predicted octanol–water partition coefficient (Wildman–Crippen LogP) is 0.733. The van der Waals surface area contributed by atoms with Crippen molar-refractivity contribution >= 4 is 0 Å². The Balaban J connectivity index is 2.13. The van der Waals surface area contributed by atoms with Crippen LogP contribution in [0.4, 0.5) is 4.39 Å². The molecule has 0 aliphatic rings. The summed E-state index contributed by atoms with van der Waals surface area (Å²) in [5.74, 6) is -0.328. The van der Waals surface area contributed by atoms with Gasteiger partial charge in [0.15, 0.2) is 11.6 Å². The van der Waals surface area contributed by atoms with Crippen LogP contribution in [0.5, 0.6) is 5.75 Å². The van der Waals surface area contributed by atoms with E-state index in [1.807, 2.05) is 0 Å². The van der Waals surface area contributed by atoms with E-state index in [9.17, 15) is 9.50 Å². The molecule has 5 nitrogen and oxygen atoms in total. The minimum atomic E-state index is -0.785. The Morgan fingerprint density at radius 3 is 2.83 bits per heavy atom. The summed E-state index contributed by atoms with van der Waals surface area (Å²) in [5.41, 5.74) is 2.57. The van der Waals surface area contributed by atoms with Crippen molar-refractivity contribution in [1.29, 1.82) is 0 Å². The topological polar surface area (TPSA) is 60.0 Å². The van der Waals surface area contributed by atoms with Crippen LogP contribution in [0.25, 0.3) is 0 Å². The van der Waals surface area contributed by atoms with Crippen LogP contribution in [0, 0.1) is 5.82 Å². The van der Waals surface area contributed by atoms with Crippen molar-refractivity contribution < 1.29 is 23.8 Å². The zero-order valence-electron chi connectivity index (χ0n) is 10.3. The number of rotatable bonds is 9. The van der Waals surface area contributed by atoms with E-state index in [4.69, 9.17) is 14.3 Å². The van der Waals surface area contributed by atoms with Gasteiger partial charge in [-0.05, 0) is 12.1 Å². The molecule has 0 saturated heterocycles. The molecule has 0 aliphatic heterocycles. The van der Waals surface area contributed by atoms with Gasteiger partial charge in [-0.3, -0.25) is 4.84 Å². The number of aliphatic hydroxyl groups excluding tert-OH is 1. The van der Waals surface area contributed by atoms with Gasteiger partial charge in [0, 0.05) is 7.11 Å². The predicted molar refractivity (Wildman–Crippen MR) is 63.7 cm³/mol. The normalized spacial score (nSPS) is 12.4. The van der Waals surface area contributed by atoms with Gasteiger partial charge in [0.1, 0.15) is 12.7 Å². The van der Waals surface area contributed by atoms with Crippen molar-refractivity contribution in [2.45, 2.75) is 6.10 Å². The lowest BCUT2D eigenvalue weighted by Gasteiger charge is -2.13. The standard InChI is InChI=1S/C12H18FNO4/c1-16-6-7-18-14-8-10(15)9-17-12-5-3-2-4-11(12)13/h2-5,10,14-15H,6-9H2,1H3. The lowest BCUT2D eigenvalue weighted by atomic mass is 10.3. The minimum absolute atomic E-state index is 0.0123. The molecule has 1 aromatic rings. The number of hydrogen-bond acceptors (Lipinski definition) is 5. The molecule has 0 fully saturated rings. The monoisotopic (exact) mass is 259 g/mol. The van der Waals surface area contributed by atoms with Gasteiger partial charge in [-0.1, -0.05) is 12.1 Å². The smallest absolute Gasteiger partial charge is 0.165 e. The second-order valence-corrected chi connectivity index (χ2v) is 3.58. The van der Waals surface area contributed by atoms with Crippen LogP contribution in [0.2, 0.25) is 0 Å². The number of nitrogens with one attached hydrogen (secondary N) is 1. The molecule has 0 saturated carbocycles. The van der Waals surface area contributed by atoms with E-state index in [0.29, 0.717) is 13.2 Å². The number of methoxy groups -OCH3 is 1. The lowest BCUT2D eigenvalue weighted by molar-refractivity contribution is -0.0175. The van der Waals surface area contributed by atoms with E-state index in [1.165, 1.54) is 12.1 Å². The first-order chi connectivity index (χ1) is 8.74. The average Bonchev–Trinajstić information content (AvgIpc) is 2.37. The van der Waals surface area contributed by atoms with E-state index in [2.05, 4.69) is 5.48 Å². The summed E-state index contributed by atoms with van der Waals surface area (Å²) in [5, 5.41) is 9.54. The number of hydrogen-bond donors (Lipinski definition) is 2. The lowest BCUT2D eigenvalue weighted by Crippen LogP contribution is -2.32. The van der Waals surface area contributed by atoms with E-state index in [-0.39, 0.29) is 18.9 Å². The van der Waals surface area contributed by atoms with Gasteiger partial charge >= 0.3 is 0 Å². The Hall–Kier alpha value is -1.21. The maximum Gasteiger partial charge on any atom is 0.165 e. The number of hydroxylamine groups is 1. The van der Waals surface area contributed by atoms with E-state index in [0.717, 1.165) is 0 Å². The van der Waals surface area contributed by atoms with Crippen LogP contribution in [0.15, 0.2) is 24.3 Å². The summed E-state index contributed by atoms with van der Waals surface area (Å²) in [4.78, 5) is 4.96. The molecule has 1 rings (SSSR count). The van der Waals surface area contributed by atoms with Crippen LogP contribution in [-0.4, -0.2) is 44.7 Å². The first kappa shape index (κ1) is 14.8. The zero-order chi connectivity index (χ0) is 13.2. The molecule has 1 atom stereocenters. The fraction of sp³-hybridized carbons (Fsp3) is 0.500. The number of para-hydroxylation sites is 1. The quantitative estimate of drug-likeness (QED) is 0.506. The van der Waals surface area contributed by atoms with Crippen molar-refractivity contribution in [3.8, 4) is 5.75 Å². The first-order valence-electron chi connectivity index (χ1n) is 5.63. The Labute approximate surface area is 105 Å². The van der Waals surface area contributed by atoms with Gasteiger partial charge in [0.05, 0.1) is 19.8 Å². The number of ether oxygens (including phenoxy) is 2. The minimum Gasteiger partial charge on any atom is -0.488 e. The SMILES string of the molecule is COCCONCC(O)COc1ccccc1F. The van der Waals surface area contributed by atoms with Crippen LogP contribution < -0.4 is 10.2 Å². The second-order valence-electron chi connectivity index (χ2n) is 3.58. The van der Waals surface area contributed by atoms with Crippen molar-refractivity contribution in [3.05, 3.63) is 30.1 Å². The van der Waals surface area contributed by atoms with Crippen molar-refractivity contribution in [1.82, 2.24) is 5.48 Å². The third-order valence-corrected chi connectivity index (χ3v) is 2.08. The molecule has 0 aliphatic carbocycles. The second kappa shape index (κ2) is 8.82. The summed E-state index contributed by atoms with van der Waals surface area (Å²) in [6.07, 6.45) is -0.785. The molecule has 0 amide bonds. The molecule has 1 unspecified atom stereocenters. The molecule has 0 radical (unpaired) electrons. The molecule has 2 N–H and O–H groups in total. The van der Waals surface area contributed by atoms with Crippen LogP contribution in [-0.2, 0) is 9.57 Å². The molecule has 6 heteroatoms. The summed E-state index contributed by atoms with van der Waals surface area (Å²) in [6.45, 7) is 1.03. The van der Waals surface area contributed by atoms with E-state index in [1.54, 1.807) is 19.2 Å². The number of benzene rings is 1. The molecular formula is C12H18FNO4. The maximum absolute atomic E-state index is 13.2. The van der Waals surface area contributed by atoms with Crippen molar-refractivity contribution in [3.63, 3.8) is 0 Å². The average molecular weight is 259 g/mol. The van der Waals surface area contributed by atoms with Gasteiger partial charge in [-0.25, -0.2) is 4.39 Å². The Kier molecular flexibility index (Phi) is 7.28. The molecule has 1 aromatic carbocycles. The summed E-state index contributed by atoms with van der Waals surface area (Å²) < 4.78 is 23.1. The Morgan fingerprint density at radius 1 is 1.33 bits per heavy atom. The largest absolute Gasteiger partial charge is 0.488 e. The first-order valence-corrected chi connectivity index (χ1v) is 5.63. The third kappa shape index (κ3) is 5.92. The number of aliphatic hydroxyl groups is 1. The highest BCUT2D eigenvalue weighted by atomic mass is 19.1. The summed E-state index contributed by atoms with van der Waals surface area (Å²) >= 11 is 0. The summed E-state index contributed by atoms with van der Waals surface area (Å²) in [6, 6.07) is 6.04. The molecule has 0 aromatic heterocycles. The highest BCUT2D eigenvalue weighted by Gasteiger charge is 2.07. The molecular weight excluding hydrogens is 241 g/mol. The van der Waals surface area contributed by atoms with Gasteiger partial charge < -0.3 is 14.6 Å². The van der Waals surface area contributed by atoms with Gasteiger partial charge in [0.2, 0.25) is 0 Å². The molecule has 0 bridgehead atoms. The number of halogens is 1. The Morgan fingerprint density at radius 2 is 2.11 bits per heavy atom. The van der Waals surface area contributed by atoms with Crippen LogP contribution in [0.1, 0.15) is 0 Å². The maximum atomic E-state index is 13.2. The molecule has 102 valence electrons. The van der Waals surface area contributed by atoms with Crippen LogP contribution in [0.3, 0.4) is 0 Å². The van der Waals surface area contributed by atoms with Gasteiger partial charge in [-0.15, -0.1) is 0 Å². The third-order valence-electron chi connectivity index (χ3n) is 2.08. The van der Waals surface area contributed by atoms with Crippen molar-refractivity contribution in [2.75, 3.05) is 33.5 Å². The Bertz CT molecular complexity index is 338. The van der Waals surface area contributed by atoms with E-state index >= 15 is 0 Å². The fourth-order valence-electron chi connectivity index (χ4n) is 1.16. The van der Waals surface area contributed by atoms with E-state index < -0.39 is 11.9 Å². The molecule has 18 heavy (non-hydrogen) atoms.